The Labute approximate surface area is 129 Å². The lowest BCUT2D eigenvalue weighted by Gasteiger charge is -2.17. The van der Waals surface area contributed by atoms with Crippen molar-refractivity contribution in [3.05, 3.63) is 45.9 Å². The Hall–Kier alpha value is -1.28. The SMILES string of the molecule is CCc1ccc(S(=O)(=O)N(C)Cc2cscn2)cc1CN. The van der Waals surface area contributed by atoms with E-state index in [-0.39, 0.29) is 11.4 Å². The second kappa shape index (κ2) is 6.65. The fraction of sp³-hybridized carbons (Fsp3) is 0.357. The topological polar surface area (TPSA) is 76.3 Å². The molecule has 1 aromatic carbocycles. The van der Waals surface area contributed by atoms with Crippen molar-refractivity contribution in [2.24, 2.45) is 5.73 Å². The lowest BCUT2D eigenvalue weighted by atomic mass is 10.1. The highest BCUT2D eigenvalue weighted by atomic mass is 32.2. The second-order valence-corrected chi connectivity index (χ2v) is 7.49. The third-order valence-electron chi connectivity index (χ3n) is 3.35. The van der Waals surface area contributed by atoms with Gasteiger partial charge in [-0.2, -0.15) is 4.31 Å². The van der Waals surface area contributed by atoms with E-state index in [1.54, 1.807) is 24.7 Å². The number of aryl methyl sites for hydroxylation is 1. The van der Waals surface area contributed by atoms with E-state index in [4.69, 9.17) is 5.73 Å². The molecule has 0 atom stereocenters. The van der Waals surface area contributed by atoms with Crippen molar-refractivity contribution in [3.63, 3.8) is 0 Å². The lowest BCUT2D eigenvalue weighted by Crippen LogP contribution is -2.27. The molecule has 0 unspecified atom stereocenters. The van der Waals surface area contributed by atoms with Crippen molar-refractivity contribution in [1.29, 1.82) is 0 Å². The highest BCUT2D eigenvalue weighted by Gasteiger charge is 2.22. The molecule has 1 aromatic heterocycles. The first-order valence-electron chi connectivity index (χ1n) is 6.64. The van der Waals surface area contributed by atoms with Crippen LogP contribution in [0.15, 0.2) is 34.0 Å². The minimum Gasteiger partial charge on any atom is -0.326 e. The van der Waals surface area contributed by atoms with Crippen molar-refractivity contribution < 1.29 is 8.42 Å². The van der Waals surface area contributed by atoms with Crippen molar-refractivity contribution in [1.82, 2.24) is 9.29 Å². The van der Waals surface area contributed by atoms with Gasteiger partial charge in [0.25, 0.3) is 0 Å². The Morgan fingerprint density at radius 2 is 2.10 bits per heavy atom. The van der Waals surface area contributed by atoms with Gasteiger partial charge < -0.3 is 5.73 Å². The van der Waals surface area contributed by atoms with E-state index in [2.05, 4.69) is 4.98 Å². The van der Waals surface area contributed by atoms with Crippen LogP contribution in [0, 0.1) is 0 Å². The van der Waals surface area contributed by atoms with E-state index in [0.29, 0.717) is 6.54 Å². The third-order valence-corrected chi connectivity index (χ3v) is 5.79. The molecule has 0 spiro atoms. The Bertz CT molecular complexity index is 697. The van der Waals surface area contributed by atoms with Crippen LogP contribution in [0.4, 0.5) is 0 Å². The van der Waals surface area contributed by atoms with Crippen molar-refractivity contribution in [2.75, 3.05) is 7.05 Å². The molecule has 21 heavy (non-hydrogen) atoms. The number of hydrogen-bond donors (Lipinski definition) is 1. The predicted molar refractivity (Wildman–Crippen MR) is 84.5 cm³/mol. The molecule has 5 nitrogen and oxygen atoms in total. The predicted octanol–water partition coefficient (Wildman–Crippen LogP) is 1.98. The zero-order valence-electron chi connectivity index (χ0n) is 12.1. The molecule has 2 N–H and O–H groups in total. The first-order valence-corrected chi connectivity index (χ1v) is 9.02. The summed E-state index contributed by atoms with van der Waals surface area (Å²) >= 11 is 1.45. The molecule has 114 valence electrons. The highest BCUT2D eigenvalue weighted by Crippen LogP contribution is 2.20. The van der Waals surface area contributed by atoms with E-state index in [9.17, 15) is 8.42 Å². The molecule has 0 amide bonds. The molecule has 0 aliphatic rings. The maximum Gasteiger partial charge on any atom is 0.243 e. The maximum atomic E-state index is 12.6. The van der Waals surface area contributed by atoms with Gasteiger partial charge in [-0.3, -0.25) is 0 Å². The summed E-state index contributed by atoms with van der Waals surface area (Å²) in [6.07, 6.45) is 0.835. The number of rotatable bonds is 6. The Morgan fingerprint density at radius 1 is 1.33 bits per heavy atom. The van der Waals surface area contributed by atoms with Crippen molar-refractivity contribution in [2.45, 2.75) is 31.3 Å². The normalized spacial score (nSPS) is 12.0. The second-order valence-electron chi connectivity index (χ2n) is 4.73. The fourth-order valence-corrected chi connectivity index (χ4v) is 3.85. The monoisotopic (exact) mass is 325 g/mol. The van der Waals surface area contributed by atoms with Gasteiger partial charge in [0.1, 0.15) is 0 Å². The van der Waals surface area contributed by atoms with E-state index < -0.39 is 10.0 Å². The van der Waals surface area contributed by atoms with Crippen LogP contribution in [0.3, 0.4) is 0 Å². The van der Waals surface area contributed by atoms with Crippen LogP contribution < -0.4 is 5.73 Å². The molecule has 0 radical (unpaired) electrons. The van der Waals surface area contributed by atoms with E-state index in [0.717, 1.165) is 23.2 Å². The van der Waals surface area contributed by atoms with Crippen LogP contribution in [-0.4, -0.2) is 24.8 Å². The van der Waals surface area contributed by atoms with Gasteiger partial charge in [-0.05, 0) is 29.7 Å². The summed E-state index contributed by atoms with van der Waals surface area (Å²) in [6, 6.07) is 5.16. The largest absolute Gasteiger partial charge is 0.326 e. The highest BCUT2D eigenvalue weighted by molar-refractivity contribution is 7.89. The zero-order valence-corrected chi connectivity index (χ0v) is 13.7. The van der Waals surface area contributed by atoms with Crippen LogP contribution in [0.5, 0.6) is 0 Å². The van der Waals surface area contributed by atoms with Gasteiger partial charge in [-0.15, -0.1) is 11.3 Å². The molecule has 1 heterocycles. The van der Waals surface area contributed by atoms with E-state index in [1.165, 1.54) is 15.6 Å². The average molecular weight is 325 g/mol. The molecule has 0 saturated heterocycles. The number of benzene rings is 1. The first-order chi connectivity index (χ1) is 9.98. The summed E-state index contributed by atoms with van der Waals surface area (Å²) in [6.45, 7) is 2.62. The fourth-order valence-electron chi connectivity index (χ4n) is 2.11. The third kappa shape index (κ3) is 3.49. The molecule has 0 bridgehead atoms. The van der Waals surface area contributed by atoms with E-state index >= 15 is 0 Å². The van der Waals surface area contributed by atoms with Gasteiger partial charge in [-0.1, -0.05) is 13.0 Å². The van der Waals surface area contributed by atoms with Crippen LogP contribution in [0.2, 0.25) is 0 Å². The van der Waals surface area contributed by atoms with Gasteiger partial charge in [0.05, 0.1) is 22.6 Å². The number of thiazole rings is 1. The van der Waals surface area contributed by atoms with Gasteiger partial charge in [0.15, 0.2) is 0 Å². The Morgan fingerprint density at radius 3 is 2.67 bits per heavy atom. The quantitative estimate of drug-likeness (QED) is 0.881. The standard InChI is InChI=1S/C14H19N3O2S2/c1-3-11-4-5-14(6-12(11)7-15)21(18,19)17(2)8-13-9-20-10-16-13/h4-6,9-10H,3,7-8,15H2,1-2H3. The van der Waals surface area contributed by atoms with Gasteiger partial charge >= 0.3 is 0 Å². The average Bonchev–Trinajstić information content (AvgIpc) is 2.99. The number of aromatic nitrogens is 1. The molecular weight excluding hydrogens is 306 g/mol. The van der Waals surface area contributed by atoms with Gasteiger partial charge in [0.2, 0.25) is 10.0 Å². The summed E-state index contributed by atoms with van der Waals surface area (Å²) in [7, 11) is -1.97. The summed E-state index contributed by atoms with van der Waals surface area (Å²) in [5.41, 5.74) is 10.1. The maximum absolute atomic E-state index is 12.6. The number of nitrogens with two attached hydrogens (primary N) is 1. The van der Waals surface area contributed by atoms with Crippen molar-refractivity contribution >= 4 is 21.4 Å². The van der Waals surface area contributed by atoms with E-state index in [1.807, 2.05) is 18.4 Å². The Balaban J connectivity index is 2.30. The lowest BCUT2D eigenvalue weighted by molar-refractivity contribution is 0.463. The van der Waals surface area contributed by atoms with Crippen LogP contribution >= 0.6 is 11.3 Å². The molecule has 0 aliphatic carbocycles. The Kier molecular flexibility index (Phi) is 5.10. The minimum absolute atomic E-state index is 0.263. The molecule has 0 fully saturated rings. The van der Waals surface area contributed by atoms with Gasteiger partial charge in [0, 0.05) is 19.0 Å². The molecular formula is C14H19N3O2S2. The molecule has 2 aromatic rings. The zero-order chi connectivity index (χ0) is 15.5. The number of hydrogen-bond acceptors (Lipinski definition) is 5. The number of nitrogens with zero attached hydrogens (tertiary/aromatic N) is 2. The number of sulfonamides is 1. The summed E-state index contributed by atoms with van der Waals surface area (Å²) in [4.78, 5) is 4.39. The summed E-state index contributed by atoms with van der Waals surface area (Å²) in [5.74, 6) is 0. The van der Waals surface area contributed by atoms with Crippen LogP contribution in [0.1, 0.15) is 23.7 Å². The molecule has 7 heteroatoms. The minimum atomic E-state index is -3.53. The van der Waals surface area contributed by atoms with Crippen molar-refractivity contribution in [3.8, 4) is 0 Å². The molecule has 0 saturated carbocycles. The van der Waals surface area contributed by atoms with Crippen LogP contribution in [0.25, 0.3) is 0 Å². The summed E-state index contributed by atoms with van der Waals surface area (Å²) < 4.78 is 26.5. The van der Waals surface area contributed by atoms with Gasteiger partial charge in [-0.25, -0.2) is 13.4 Å². The first kappa shape index (κ1) is 16.1. The van der Waals surface area contributed by atoms with Crippen LogP contribution in [-0.2, 0) is 29.5 Å². The smallest absolute Gasteiger partial charge is 0.243 e. The summed E-state index contributed by atoms with van der Waals surface area (Å²) in [5, 5.41) is 1.84. The molecule has 2 rings (SSSR count). The molecule has 0 aliphatic heterocycles.